The number of piperazine rings is 1. The molecule has 4 heteroatoms. The highest BCUT2D eigenvalue weighted by Crippen LogP contribution is 2.31. The minimum absolute atomic E-state index is 0.561. The molecule has 1 aromatic rings. The van der Waals surface area contributed by atoms with Gasteiger partial charge in [0.2, 0.25) is 0 Å². The summed E-state index contributed by atoms with van der Waals surface area (Å²) in [5.41, 5.74) is 1.21. The van der Waals surface area contributed by atoms with Crippen LogP contribution in [-0.4, -0.2) is 35.1 Å². The van der Waals surface area contributed by atoms with Gasteiger partial charge < -0.3 is 5.32 Å². The number of hydrogen-bond acceptors (Lipinski definition) is 3. The standard InChI is InChI=1S/C17H26ClN3/c1-13-11-21(12-15-7-8-19-9-16(15)18)17(10-20-13)14-5-3-2-4-6-14/h7-9,13-14,17,20H,2-6,10-12H2,1H3. The number of halogens is 1. The number of rotatable bonds is 3. The molecule has 21 heavy (non-hydrogen) atoms. The third-order valence-corrected chi connectivity index (χ3v) is 5.42. The van der Waals surface area contributed by atoms with E-state index in [1.807, 2.05) is 6.20 Å². The van der Waals surface area contributed by atoms with Gasteiger partial charge in [-0.05, 0) is 37.3 Å². The van der Waals surface area contributed by atoms with Crippen molar-refractivity contribution in [3.8, 4) is 0 Å². The van der Waals surface area contributed by atoms with Gasteiger partial charge in [0.1, 0.15) is 0 Å². The molecule has 2 fully saturated rings. The van der Waals surface area contributed by atoms with E-state index in [0.29, 0.717) is 12.1 Å². The summed E-state index contributed by atoms with van der Waals surface area (Å²) < 4.78 is 0. The maximum Gasteiger partial charge on any atom is 0.0634 e. The summed E-state index contributed by atoms with van der Waals surface area (Å²) in [4.78, 5) is 6.75. The van der Waals surface area contributed by atoms with Gasteiger partial charge in [-0.3, -0.25) is 9.88 Å². The Balaban J connectivity index is 1.73. The highest BCUT2D eigenvalue weighted by atomic mass is 35.5. The lowest BCUT2D eigenvalue weighted by Crippen LogP contribution is -2.57. The Morgan fingerprint density at radius 3 is 2.90 bits per heavy atom. The molecule has 0 bridgehead atoms. The molecule has 0 aromatic carbocycles. The van der Waals surface area contributed by atoms with Gasteiger partial charge in [-0.15, -0.1) is 0 Å². The smallest absolute Gasteiger partial charge is 0.0634 e. The fourth-order valence-corrected chi connectivity index (χ4v) is 4.10. The summed E-state index contributed by atoms with van der Waals surface area (Å²) in [5, 5.41) is 4.47. The lowest BCUT2D eigenvalue weighted by atomic mass is 9.82. The van der Waals surface area contributed by atoms with Crippen molar-refractivity contribution in [2.45, 2.75) is 57.7 Å². The van der Waals surface area contributed by atoms with Crippen molar-refractivity contribution in [1.29, 1.82) is 0 Å². The Morgan fingerprint density at radius 2 is 2.14 bits per heavy atom. The number of nitrogens with zero attached hydrogens (tertiary/aromatic N) is 2. The summed E-state index contributed by atoms with van der Waals surface area (Å²) in [5.74, 6) is 0.847. The first-order valence-electron chi connectivity index (χ1n) is 8.30. The Morgan fingerprint density at radius 1 is 1.33 bits per heavy atom. The first kappa shape index (κ1) is 15.3. The van der Waals surface area contributed by atoms with E-state index in [4.69, 9.17) is 11.6 Å². The van der Waals surface area contributed by atoms with E-state index in [1.54, 1.807) is 6.20 Å². The number of hydrogen-bond donors (Lipinski definition) is 1. The minimum Gasteiger partial charge on any atom is -0.311 e. The van der Waals surface area contributed by atoms with Crippen LogP contribution in [0.2, 0.25) is 5.02 Å². The molecular formula is C17H26ClN3. The summed E-state index contributed by atoms with van der Waals surface area (Å²) in [6, 6.07) is 3.28. The van der Waals surface area contributed by atoms with Gasteiger partial charge in [-0.1, -0.05) is 30.9 Å². The predicted octanol–water partition coefficient (Wildman–Crippen LogP) is 3.48. The molecule has 2 unspecified atom stereocenters. The molecular weight excluding hydrogens is 282 g/mol. The molecule has 3 nitrogen and oxygen atoms in total. The van der Waals surface area contributed by atoms with Crippen molar-refractivity contribution in [3.63, 3.8) is 0 Å². The van der Waals surface area contributed by atoms with Crippen LogP contribution >= 0.6 is 11.6 Å². The van der Waals surface area contributed by atoms with Gasteiger partial charge in [-0.2, -0.15) is 0 Å². The Hall–Kier alpha value is -0.640. The zero-order valence-corrected chi connectivity index (χ0v) is 13.6. The molecule has 3 rings (SSSR count). The van der Waals surface area contributed by atoms with Crippen LogP contribution in [0.1, 0.15) is 44.6 Å². The number of nitrogens with one attached hydrogen (secondary N) is 1. The van der Waals surface area contributed by atoms with Crippen LogP contribution < -0.4 is 5.32 Å². The topological polar surface area (TPSA) is 28.2 Å². The van der Waals surface area contributed by atoms with E-state index in [-0.39, 0.29) is 0 Å². The van der Waals surface area contributed by atoms with Crippen molar-refractivity contribution in [1.82, 2.24) is 15.2 Å². The van der Waals surface area contributed by atoms with Gasteiger partial charge in [0.05, 0.1) is 5.02 Å². The van der Waals surface area contributed by atoms with Crippen LogP contribution in [0.3, 0.4) is 0 Å². The lowest BCUT2D eigenvalue weighted by molar-refractivity contribution is 0.0689. The first-order valence-corrected chi connectivity index (χ1v) is 8.67. The summed E-state index contributed by atoms with van der Waals surface area (Å²) in [7, 11) is 0. The van der Waals surface area contributed by atoms with E-state index < -0.39 is 0 Å². The van der Waals surface area contributed by atoms with Crippen molar-refractivity contribution in [3.05, 3.63) is 29.0 Å². The molecule has 1 aliphatic heterocycles. The number of aromatic nitrogens is 1. The van der Waals surface area contributed by atoms with Crippen LogP contribution in [0.25, 0.3) is 0 Å². The molecule has 2 atom stereocenters. The molecule has 0 amide bonds. The average molecular weight is 308 g/mol. The maximum atomic E-state index is 6.31. The van der Waals surface area contributed by atoms with E-state index >= 15 is 0 Å². The molecule has 1 N–H and O–H groups in total. The Kier molecular flexibility index (Phi) is 5.15. The van der Waals surface area contributed by atoms with E-state index in [2.05, 4.69) is 28.2 Å². The predicted molar refractivity (Wildman–Crippen MR) is 87.5 cm³/mol. The van der Waals surface area contributed by atoms with Gasteiger partial charge in [-0.25, -0.2) is 0 Å². The fourth-order valence-electron chi connectivity index (χ4n) is 3.92. The second-order valence-electron chi connectivity index (χ2n) is 6.67. The van der Waals surface area contributed by atoms with Crippen molar-refractivity contribution in [2.24, 2.45) is 5.92 Å². The molecule has 1 aliphatic carbocycles. The second kappa shape index (κ2) is 7.08. The van der Waals surface area contributed by atoms with Crippen molar-refractivity contribution < 1.29 is 0 Å². The monoisotopic (exact) mass is 307 g/mol. The largest absolute Gasteiger partial charge is 0.311 e. The summed E-state index contributed by atoms with van der Waals surface area (Å²) in [6.45, 7) is 5.46. The quantitative estimate of drug-likeness (QED) is 0.926. The molecule has 116 valence electrons. The lowest BCUT2D eigenvalue weighted by Gasteiger charge is -2.44. The molecule has 2 aliphatic rings. The molecule has 1 saturated carbocycles. The SMILES string of the molecule is CC1CN(Cc2ccncc2Cl)C(C2CCCCC2)CN1. The summed E-state index contributed by atoms with van der Waals surface area (Å²) in [6.07, 6.45) is 10.6. The van der Waals surface area contributed by atoms with Crippen LogP contribution in [0, 0.1) is 5.92 Å². The van der Waals surface area contributed by atoms with Gasteiger partial charge in [0.25, 0.3) is 0 Å². The van der Waals surface area contributed by atoms with Crippen molar-refractivity contribution in [2.75, 3.05) is 13.1 Å². The molecule has 0 spiro atoms. The normalized spacial score (nSPS) is 28.7. The molecule has 2 heterocycles. The van der Waals surface area contributed by atoms with Gasteiger partial charge >= 0.3 is 0 Å². The van der Waals surface area contributed by atoms with Crippen LogP contribution in [-0.2, 0) is 6.54 Å². The van der Waals surface area contributed by atoms with E-state index in [9.17, 15) is 0 Å². The summed E-state index contributed by atoms with van der Waals surface area (Å²) >= 11 is 6.31. The van der Waals surface area contributed by atoms with Gasteiger partial charge in [0.15, 0.2) is 0 Å². The zero-order chi connectivity index (χ0) is 14.7. The second-order valence-corrected chi connectivity index (χ2v) is 7.08. The minimum atomic E-state index is 0.561. The maximum absolute atomic E-state index is 6.31. The fraction of sp³-hybridized carbons (Fsp3) is 0.706. The van der Waals surface area contributed by atoms with Crippen molar-refractivity contribution >= 4 is 11.6 Å². The number of pyridine rings is 1. The van der Waals surface area contributed by atoms with Gasteiger partial charge in [0, 0.05) is 44.1 Å². The average Bonchev–Trinajstić information content (AvgIpc) is 2.51. The molecule has 0 radical (unpaired) electrons. The highest BCUT2D eigenvalue weighted by Gasteiger charge is 2.32. The van der Waals surface area contributed by atoms with Crippen LogP contribution in [0.4, 0.5) is 0 Å². The third kappa shape index (κ3) is 3.77. The first-order chi connectivity index (χ1) is 10.2. The van der Waals surface area contributed by atoms with Crippen LogP contribution in [0.5, 0.6) is 0 Å². The Labute approximate surface area is 133 Å². The highest BCUT2D eigenvalue weighted by molar-refractivity contribution is 6.31. The van der Waals surface area contributed by atoms with E-state index in [0.717, 1.165) is 30.6 Å². The Bertz CT molecular complexity index is 459. The zero-order valence-electron chi connectivity index (χ0n) is 12.9. The molecule has 1 aromatic heterocycles. The van der Waals surface area contributed by atoms with E-state index in [1.165, 1.54) is 37.7 Å². The molecule has 1 saturated heterocycles. The van der Waals surface area contributed by atoms with Crippen LogP contribution in [0.15, 0.2) is 18.5 Å². The third-order valence-electron chi connectivity index (χ3n) is 5.08.